The van der Waals surface area contributed by atoms with Crippen LogP contribution in [0.5, 0.6) is 0 Å². The molecule has 3 N–H and O–H groups in total. The first-order chi connectivity index (χ1) is 9.81. The van der Waals surface area contributed by atoms with Crippen LogP contribution in [0.1, 0.15) is 19.8 Å². The van der Waals surface area contributed by atoms with E-state index < -0.39 is 0 Å². The van der Waals surface area contributed by atoms with Gasteiger partial charge in [0.25, 0.3) is 0 Å². The van der Waals surface area contributed by atoms with Crippen LogP contribution in [0.2, 0.25) is 0 Å². The molecule has 0 aromatic carbocycles. The molecule has 0 unspecified atom stereocenters. The average molecular weight is 276 g/mol. The van der Waals surface area contributed by atoms with Crippen molar-refractivity contribution in [3.63, 3.8) is 0 Å². The van der Waals surface area contributed by atoms with Crippen molar-refractivity contribution in [3.05, 3.63) is 6.20 Å². The minimum Gasteiger partial charge on any atom is -0.396 e. The third kappa shape index (κ3) is 2.40. The zero-order valence-corrected chi connectivity index (χ0v) is 11.6. The average Bonchev–Trinajstić information content (AvgIpc) is 2.95. The molecule has 0 spiro atoms. The van der Waals surface area contributed by atoms with Crippen LogP contribution in [0.15, 0.2) is 6.20 Å². The summed E-state index contributed by atoms with van der Waals surface area (Å²) in [4.78, 5) is 11.3. The van der Waals surface area contributed by atoms with E-state index >= 15 is 0 Å². The normalized spacial score (nSPS) is 16.8. The lowest BCUT2D eigenvalue weighted by Gasteiger charge is -2.32. The van der Waals surface area contributed by atoms with Gasteiger partial charge >= 0.3 is 0 Å². The fraction of sp³-hybridized carbons (Fsp3) is 0.615. The molecule has 0 saturated carbocycles. The molecule has 108 valence electrons. The molecule has 20 heavy (non-hydrogen) atoms. The van der Waals surface area contributed by atoms with Crippen molar-refractivity contribution in [1.82, 2.24) is 20.2 Å². The van der Waals surface area contributed by atoms with Crippen molar-refractivity contribution in [2.45, 2.75) is 19.8 Å². The van der Waals surface area contributed by atoms with E-state index in [-0.39, 0.29) is 6.61 Å². The fourth-order valence-corrected chi connectivity index (χ4v) is 2.63. The van der Waals surface area contributed by atoms with Gasteiger partial charge in [0.2, 0.25) is 5.95 Å². The molecule has 3 rings (SSSR count). The van der Waals surface area contributed by atoms with Gasteiger partial charge in [0.15, 0.2) is 5.65 Å². The van der Waals surface area contributed by atoms with E-state index in [0.717, 1.165) is 49.3 Å². The van der Waals surface area contributed by atoms with Gasteiger partial charge in [0, 0.05) is 26.2 Å². The summed E-state index contributed by atoms with van der Waals surface area (Å²) >= 11 is 0. The molecular formula is C13H20N6O. The Kier molecular flexibility index (Phi) is 3.68. The number of piperidine rings is 1. The van der Waals surface area contributed by atoms with Crippen LogP contribution in [0.4, 0.5) is 11.8 Å². The monoisotopic (exact) mass is 276 g/mol. The summed E-state index contributed by atoms with van der Waals surface area (Å²) in [6.45, 7) is 4.90. The summed E-state index contributed by atoms with van der Waals surface area (Å²) in [5, 5.41) is 20.3. The summed E-state index contributed by atoms with van der Waals surface area (Å²) in [6, 6.07) is 0. The van der Waals surface area contributed by atoms with Crippen molar-refractivity contribution in [2.24, 2.45) is 5.92 Å². The number of hydrogen-bond acceptors (Lipinski definition) is 6. The van der Waals surface area contributed by atoms with Crippen LogP contribution in [0.3, 0.4) is 0 Å². The fourth-order valence-electron chi connectivity index (χ4n) is 2.63. The maximum Gasteiger partial charge on any atom is 0.226 e. The standard InChI is InChI=1S/C13H20N6O/c1-2-14-13-16-11-10(7-15-18-11)12(17-13)19-5-3-9(8-20)4-6-19/h7,9,20H,2-6,8H2,1H3,(H2,14,15,16,17,18). The number of hydrogen-bond donors (Lipinski definition) is 3. The van der Waals surface area contributed by atoms with Crippen molar-refractivity contribution in [1.29, 1.82) is 0 Å². The summed E-state index contributed by atoms with van der Waals surface area (Å²) in [7, 11) is 0. The van der Waals surface area contributed by atoms with Crippen molar-refractivity contribution >= 4 is 22.8 Å². The van der Waals surface area contributed by atoms with E-state index in [0.29, 0.717) is 11.9 Å². The molecule has 1 aliphatic heterocycles. The lowest BCUT2D eigenvalue weighted by atomic mass is 9.98. The molecule has 0 aliphatic carbocycles. The van der Waals surface area contributed by atoms with Gasteiger partial charge in [0.05, 0.1) is 11.6 Å². The van der Waals surface area contributed by atoms with Gasteiger partial charge < -0.3 is 15.3 Å². The number of nitrogens with zero attached hydrogens (tertiary/aromatic N) is 4. The lowest BCUT2D eigenvalue weighted by molar-refractivity contribution is 0.203. The molecule has 2 aromatic rings. The van der Waals surface area contributed by atoms with Crippen LogP contribution in [0, 0.1) is 5.92 Å². The lowest BCUT2D eigenvalue weighted by Crippen LogP contribution is -2.35. The van der Waals surface area contributed by atoms with E-state index in [9.17, 15) is 5.11 Å². The predicted octanol–water partition coefficient (Wildman–Crippen LogP) is 0.993. The van der Waals surface area contributed by atoms with E-state index in [1.807, 2.05) is 6.92 Å². The molecule has 0 bridgehead atoms. The van der Waals surface area contributed by atoms with Crippen molar-refractivity contribution in [3.8, 4) is 0 Å². The summed E-state index contributed by atoms with van der Waals surface area (Å²) < 4.78 is 0. The maximum atomic E-state index is 9.23. The number of nitrogens with one attached hydrogen (secondary N) is 2. The van der Waals surface area contributed by atoms with Gasteiger partial charge in [-0.2, -0.15) is 15.1 Å². The Morgan fingerprint density at radius 1 is 1.40 bits per heavy atom. The Hall–Kier alpha value is -1.89. The van der Waals surface area contributed by atoms with Crippen LogP contribution < -0.4 is 10.2 Å². The number of anilines is 2. The van der Waals surface area contributed by atoms with E-state index in [1.165, 1.54) is 0 Å². The molecule has 1 fully saturated rings. The maximum absolute atomic E-state index is 9.23. The molecule has 1 saturated heterocycles. The quantitative estimate of drug-likeness (QED) is 0.771. The van der Waals surface area contributed by atoms with Crippen molar-refractivity contribution < 1.29 is 5.11 Å². The Balaban J connectivity index is 1.91. The SMILES string of the molecule is CCNc1nc(N2CCC(CO)CC2)c2cn[nH]c2n1. The Labute approximate surface area is 117 Å². The second-order valence-electron chi connectivity index (χ2n) is 5.15. The first kappa shape index (κ1) is 13.1. The highest BCUT2D eigenvalue weighted by Gasteiger charge is 2.22. The van der Waals surface area contributed by atoms with Gasteiger partial charge in [-0.25, -0.2) is 0 Å². The molecular weight excluding hydrogens is 256 g/mol. The third-order valence-corrected chi connectivity index (χ3v) is 3.80. The molecule has 2 aromatic heterocycles. The highest BCUT2D eigenvalue weighted by Crippen LogP contribution is 2.27. The van der Waals surface area contributed by atoms with Crippen LogP contribution in [-0.2, 0) is 0 Å². The number of H-pyrrole nitrogens is 1. The molecule has 1 aliphatic rings. The molecule has 0 amide bonds. The number of aromatic nitrogens is 4. The van der Waals surface area contributed by atoms with Gasteiger partial charge in [-0.05, 0) is 25.7 Å². The van der Waals surface area contributed by atoms with Crippen LogP contribution in [0.25, 0.3) is 11.0 Å². The number of aliphatic hydroxyl groups excluding tert-OH is 1. The van der Waals surface area contributed by atoms with Crippen LogP contribution >= 0.6 is 0 Å². The zero-order valence-electron chi connectivity index (χ0n) is 11.6. The molecule has 0 radical (unpaired) electrons. The summed E-state index contributed by atoms with van der Waals surface area (Å²) in [5.74, 6) is 1.97. The minimum absolute atomic E-state index is 0.279. The van der Waals surface area contributed by atoms with Gasteiger partial charge in [-0.15, -0.1) is 0 Å². The molecule has 3 heterocycles. The smallest absolute Gasteiger partial charge is 0.226 e. The topological polar surface area (TPSA) is 90.0 Å². The number of aromatic amines is 1. The Morgan fingerprint density at radius 2 is 2.20 bits per heavy atom. The molecule has 7 nitrogen and oxygen atoms in total. The third-order valence-electron chi connectivity index (χ3n) is 3.80. The van der Waals surface area contributed by atoms with Gasteiger partial charge in [-0.3, -0.25) is 5.10 Å². The van der Waals surface area contributed by atoms with Crippen LogP contribution in [-0.4, -0.2) is 51.5 Å². The molecule has 7 heteroatoms. The van der Waals surface area contributed by atoms with E-state index in [1.54, 1.807) is 6.20 Å². The number of fused-ring (bicyclic) bond motifs is 1. The predicted molar refractivity (Wildman–Crippen MR) is 77.9 cm³/mol. The largest absolute Gasteiger partial charge is 0.396 e. The van der Waals surface area contributed by atoms with Crippen molar-refractivity contribution in [2.75, 3.05) is 36.5 Å². The Bertz CT molecular complexity index is 575. The minimum atomic E-state index is 0.279. The first-order valence-corrected chi connectivity index (χ1v) is 7.12. The number of aliphatic hydroxyl groups is 1. The Morgan fingerprint density at radius 3 is 2.90 bits per heavy atom. The first-order valence-electron chi connectivity index (χ1n) is 7.12. The number of rotatable bonds is 4. The van der Waals surface area contributed by atoms with Gasteiger partial charge in [0.1, 0.15) is 5.82 Å². The molecule has 0 atom stereocenters. The summed E-state index contributed by atoms with van der Waals surface area (Å²) in [5.41, 5.74) is 0.759. The second-order valence-corrected chi connectivity index (χ2v) is 5.15. The van der Waals surface area contributed by atoms with Gasteiger partial charge in [-0.1, -0.05) is 0 Å². The van der Waals surface area contributed by atoms with E-state index in [4.69, 9.17) is 0 Å². The summed E-state index contributed by atoms with van der Waals surface area (Å²) in [6.07, 6.45) is 3.77. The highest BCUT2D eigenvalue weighted by molar-refractivity contribution is 5.87. The van der Waals surface area contributed by atoms with E-state index in [2.05, 4.69) is 30.4 Å². The second kappa shape index (κ2) is 5.62. The zero-order chi connectivity index (χ0) is 13.9. The highest BCUT2D eigenvalue weighted by atomic mass is 16.3.